The summed E-state index contributed by atoms with van der Waals surface area (Å²) in [6, 6.07) is 10.9. The van der Waals surface area contributed by atoms with Crippen LogP contribution in [0.15, 0.2) is 30.3 Å². The molecule has 1 spiro atoms. The van der Waals surface area contributed by atoms with Crippen LogP contribution in [0.25, 0.3) is 0 Å². The van der Waals surface area contributed by atoms with E-state index in [-0.39, 0.29) is 11.0 Å². The summed E-state index contributed by atoms with van der Waals surface area (Å²) < 4.78 is 0. The summed E-state index contributed by atoms with van der Waals surface area (Å²) in [5.74, 6) is 0.361. The smallest absolute Gasteiger partial charge is 0.223 e. The summed E-state index contributed by atoms with van der Waals surface area (Å²) >= 11 is 0. The number of nitrogens with zero attached hydrogens (tertiary/aromatic N) is 2. The van der Waals surface area contributed by atoms with Gasteiger partial charge in [0.2, 0.25) is 5.91 Å². The Morgan fingerprint density at radius 2 is 1.73 bits per heavy atom. The van der Waals surface area contributed by atoms with Crippen LogP contribution in [-0.2, 0) is 10.3 Å². The van der Waals surface area contributed by atoms with Crippen LogP contribution in [0.1, 0.15) is 44.6 Å². The number of hydrogen-bond acceptors (Lipinski definition) is 2. The zero-order chi connectivity index (χ0) is 15.8. The van der Waals surface area contributed by atoms with Gasteiger partial charge in [0.25, 0.3) is 0 Å². The number of hydrogen-bond donors (Lipinski definition) is 0. The molecule has 2 aliphatic rings. The molecule has 0 aromatic heterocycles. The molecule has 22 heavy (non-hydrogen) atoms. The molecule has 1 heterocycles. The van der Waals surface area contributed by atoms with Crippen LogP contribution in [0, 0.1) is 5.41 Å². The molecule has 1 aliphatic carbocycles. The van der Waals surface area contributed by atoms with Crippen LogP contribution in [0.2, 0.25) is 0 Å². The van der Waals surface area contributed by atoms with Crippen molar-refractivity contribution >= 4 is 5.91 Å². The molecular formula is C19H28N2O. The third-order valence-electron chi connectivity index (χ3n) is 6.09. The standard InChI is InChI=1S/C19H28N2O/c1-4-21-15-18(14-17(21)22)10-12-19(13-11-18,20(2)3)16-8-6-5-7-9-16/h5-9H,4,10-15H2,1-3H3. The molecule has 1 aromatic carbocycles. The topological polar surface area (TPSA) is 23.6 Å². The van der Waals surface area contributed by atoms with Gasteiger partial charge in [-0.2, -0.15) is 0 Å². The van der Waals surface area contributed by atoms with Crippen molar-refractivity contribution in [1.29, 1.82) is 0 Å². The van der Waals surface area contributed by atoms with E-state index >= 15 is 0 Å². The lowest BCUT2D eigenvalue weighted by Crippen LogP contribution is -2.47. The van der Waals surface area contributed by atoms with Gasteiger partial charge in [0.15, 0.2) is 0 Å². The highest BCUT2D eigenvalue weighted by Gasteiger charge is 2.49. The van der Waals surface area contributed by atoms with Crippen molar-refractivity contribution in [2.75, 3.05) is 27.2 Å². The van der Waals surface area contributed by atoms with Crippen LogP contribution < -0.4 is 0 Å². The molecule has 0 bridgehead atoms. The van der Waals surface area contributed by atoms with Crippen molar-refractivity contribution < 1.29 is 4.79 Å². The molecule has 1 aliphatic heterocycles. The van der Waals surface area contributed by atoms with Gasteiger partial charge in [-0.3, -0.25) is 9.69 Å². The van der Waals surface area contributed by atoms with Crippen molar-refractivity contribution in [2.45, 2.75) is 44.6 Å². The fourth-order valence-electron chi connectivity index (χ4n) is 4.54. The van der Waals surface area contributed by atoms with E-state index in [1.807, 2.05) is 4.90 Å². The zero-order valence-corrected chi connectivity index (χ0v) is 14.1. The van der Waals surface area contributed by atoms with E-state index in [1.165, 1.54) is 5.56 Å². The second-order valence-corrected chi connectivity index (χ2v) is 7.38. The highest BCUT2D eigenvalue weighted by Crippen LogP contribution is 2.51. The molecule has 0 N–H and O–H groups in total. The van der Waals surface area contributed by atoms with E-state index in [4.69, 9.17) is 0 Å². The van der Waals surface area contributed by atoms with Crippen molar-refractivity contribution in [3.05, 3.63) is 35.9 Å². The molecule has 1 amide bonds. The van der Waals surface area contributed by atoms with Gasteiger partial charge in [0.05, 0.1) is 0 Å². The molecule has 1 saturated heterocycles. The third-order valence-corrected chi connectivity index (χ3v) is 6.09. The van der Waals surface area contributed by atoms with Gasteiger partial charge in [0.1, 0.15) is 0 Å². The molecule has 1 saturated carbocycles. The number of benzene rings is 1. The number of likely N-dealkylation sites (tertiary alicyclic amines) is 1. The van der Waals surface area contributed by atoms with Gasteiger partial charge in [-0.05, 0) is 57.7 Å². The van der Waals surface area contributed by atoms with Gasteiger partial charge in [0, 0.05) is 25.0 Å². The van der Waals surface area contributed by atoms with E-state index in [0.29, 0.717) is 5.91 Å². The lowest BCUT2D eigenvalue weighted by Gasteiger charge is -2.48. The fourth-order valence-corrected chi connectivity index (χ4v) is 4.54. The molecular weight excluding hydrogens is 272 g/mol. The Labute approximate surface area is 134 Å². The lowest BCUT2D eigenvalue weighted by atomic mass is 9.64. The van der Waals surface area contributed by atoms with E-state index < -0.39 is 0 Å². The first-order valence-corrected chi connectivity index (χ1v) is 8.52. The normalized spacial score (nSPS) is 32.2. The van der Waals surface area contributed by atoms with Crippen molar-refractivity contribution in [1.82, 2.24) is 9.80 Å². The summed E-state index contributed by atoms with van der Waals surface area (Å²) in [5.41, 5.74) is 1.79. The van der Waals surface area contributed by atoms with Gasteiger partial charge in [-0.15, -0.1) is 0 Å². The van der Waals surface area contributed by atoms with Crippen molar-refractivity contribution in [3.8, 4) is 0 Å². The SMILES string of the molecule is CCN1CC2(CCC(c3ccccc3)(N(C)C)CC2)CC1=O. The maximum atomic E-state index is 12.2. The van der Waals surface area contributed by atoms with E-state index in [9.17, 15) is 4.79 Å². The maximum absolute atomic E-state index is 12.2. The first-order valence-electron chi connectivity index (χ1n) is 8.52. The highest BCUT2D eigenvalue weighted by atomic mass is 16.2. The molecule has 3 nitrogen and oxygen atoms in total. The number of amides is 1. The van der Waals surface area contributed by atoms with Crippen LogP contribution >= 0.6 is 0 Å². The number of rotatable bonds is 3. The van der Waals surface area contributed by atoms with Gasteiger partial charge < -0.3 is 4.90 Å². The van der Waals surface area contributed by atoms with Gasteiger partial charge >= 0.3 is 0 Å². The molecule has 0 radical (unpaired) electrons. The second kappa shape index (κ2) is 5.69. The van der Waals surface area contributed by atoms with Crippen molar-refractivity contribution in [2.24, 2.45) is 5.41 Å². The number of carbonyl (C=O) groups is 1. The molecule has 1 aromatic rings. The van der Waals surface area contributed by atoms with Crippen molar-refractivity contribution in [3.63, 3.8) is 0 Å². The van der Waals surface area contributed by atoms with Gasteiger partial charge in [-0.1, -0.05) is 30.3 Å². The quantitative estimate of drug-likeness (QED) is 0.855. The average Bonchev–Trinajstić information content (AvgIpc) is 2.85. The summed E-state index contributed by atoms with van der Waals surface area (Å²) in [6.07, 6.45) is 5.37. The molecule has 120 valence electrons. The molecule has 0 atom stereocenters. The predicted molar refractivity (Wildman–Crippen MR) is 89.6 cm³/mol. The minimum atomic E-state index is 0.134. The summed E-state index contributed by atoms with van der Waals surface area (Å²) in [5, 5.41) is 0. The van der Waals surface area contributed by atoms with Gasteiger partial charge in [-0.25, -0.2) is 0 Å². The Morgan fingerprint density at radius 1 is 1.09 bits per heavy atom. The minimum absolute atomic E-state index is 0.134. The Kier molecular flexibility index (Phi) is 4.02. The minimum Gasteiger partial charge on any atom is -0.342 e. The molecule has 0 unspecified atom stereocenters. The van der Waals surface area contributed by atoms with Crippen LogP contribution in [0.5, 0.6) is 0 Å². The van der Waals surface area contributed by atoms with E-state index in [1.54, 1.807) is 0 Å². The largest absolute Gasteiger partial charge is 0.342 e. The Hall–Kier alpha value is -1.35. The summed E-state index contributed by atoms with van der Waals surface area (Å²) in [7, 11) is 4.40. The predicted octanol–water partition coefficient (Wildman–Crippen LogP) is 3.26. The Morgan fingerprint density at radius 3 is 2.23 bits per heavy atom. The molecule has 2 fully saturated rings. The summed E-state index contributed by atoms with van der Waals surface area (Å²) in [4.78, 5) is 16.6. The molecule has 3 rings (SSSR count). The average molecular weight is 300 g/mol. The first-order chi connectivity index (χ1) is 10.5. The summed E-state index contributed by atoms with van der Waals surface area (Å²) in [6.45, 7) is 3.92. The first kappa shape index (κ1) is 15.5. The maximum Gasteiger partial charge on any atom is 0.223 e. The highest BCUT2D eigenvalue weighted by molar-refractivity contribution is 5.79. The fraction of sp³-hybridized carbons (Fsp3) is 0.632. The Balaban J connectivity index is 1.81. The Bertz CT molecular complexity index is 530. The second-order valence-electron chi connectivity index (χ2n) is 7.38. The zero-order valence-electron chi connectivity index (χ0n) is 14.1. The van der Waals surface area contributed by atoms with Crippen LogP contribution in [-0.4, -0.2) is 42.9 Å². The number of carbonyl (C=O) groups excluding carboxylic acids is 1. The lowest BCUT2D eigenvalue weighted by molar-refractivity contribution is -0.127. The van der Waals surface area contributed by atoms with Crippen LogP contribution in [0.3, 0.4) is 0 Å². The monoisotopic (exact) mass is 300 g/mol. The molecule has 3 heteroatoms. The third kappa shape index (κ3) is 2.45. The van der Waals surface area contributed by atoms with E-state index in [0.717, 1.165) is 45.2 Å². The van der Waals surface area contributed by atoms with E-state index in [2.05, 4.69) is 56.3 Å². The van der Waals surface area contributed by atoms with Crippen LogP contribution in [0.4, 0.5) is 0 Å².